The molecule has 0 bridgehead atoms. The molecule has 6 heteroatoms. The molecular weight excluding hydrogens is 302 g/mol. The average molecular weight is 314 g/mol. The number of benzene rings is 2. The van der Waals surface area contributed by atoms with Crippen molar-refractivity contribution in [2.75, 3.05) is 0 Å². The number of halogens is 1. The summed E-state index contributed by atoms with van der Waals surface area (Å²) in [6.45, 7) is 0.175. The molecule has 0 atom stereocenters. The number of carbonyl (C=O) groups excluding carboxylic acids is 1. The van der Waals surface area contributed by atoms with Gasteiger partial charge in [0.15, 0.2) is 0 Å². The highest BCUT2D eigenvalue weighted by molar-refractivity contribution is 6.30. The Balaban J connectivity index is 1.65. The van der Waals surface area contributed by atoms with Gasteiger partial charge in [0.05, 0.1) is 6.54 Å². The number of aromatic nitrogens is 2. The zero-order valence-corrected chi connectivity index (χ0v) is 12.2. The van der Waals surface area contributed by atoms with E-state index in [4.69, 9.17) is 16.0 Å². The van der Waals surface area contributed by atoms with Crippen molar-refractivity contribution in [3.63, 3.8) is 0 Å². The van der Waals surface area contributed by atoms with Gasteiger partial charge in [-0.3, -0.25) is 4.79 Å². The van der Waals surface area contributed by atoms with Crippen LogP contribution in [-0.4, -0.2) is 16.1 Å². The molecule has 0 fully saturated rings. The number of amides is 1. The average Bonchev–Trinajstić information content (AvgIpc) is 3.03. The highest BCUT2D eigenvalue weighted by atomic mass is 35.5. The third kappa shape index (κ3) is 3.32. The Kier molecular flexibility index (Phi) is 4.16. The number of hydrogen-bond donors (Lipinski definition) is 1. The van der Waals surface area contributed by atoms with E-state index in [1.807, 2.05) is 6.07 Å². The van der Waals surface area contributed by atoms with E-state index >= 15 is 0 Å². The van der Waals surface area contributed by atoms with Crippen LogP contribution in [0, 0.1) is 0 Å². The molecule has 22 heavy (non-hydrogen) atoms. The van der Waals surface area contributed by atoms with Crippen molar-refractivity contribution in [1.29, 1.82) is 0 Å². The van der Waals surface area contributed by atoms with Gasteiger partial charge in [0.2, 0.25) is 11.8 Å². The van der Waals surface area contributed by atoms with E-state index in [-0.39, 0.29) is 12.5 Å². The van der Waals surface area contributed by atoms with E-state index in [0.29, 0.717) is 22.4 Å². The Hall–Kier alpha value is -2.66. The molecule has 0 aliphatic rings. The van der Waals surface area contributed by atoms with Crippen molar-refractivity contribution in [3.05, 3.63) is 71.1 Å². The lowest BCUT2D eigenvalue weighted by Gasteiger charge is -2.01. The molecule has 1 amide bonds. The minimum Gasteiger partial charge on any atom is -0.419 e. The van der Waals surface area contributed by atoms with Gasteiger partial charge in [0.25, 0.3) is 5.91 Å². The van der Waals surface area contributed by atoms with E-state index in [0.717, 1.165) is 5.56 Å². The van der Waals surface area contributed by atoms with Crippen LogP contribution in [-0.2, 0) is 6.54 Å². The fourth-order valence-electron chi connectivity index (χ4n) is 1.88. The molecule has 3 rings (SSSR count). The highest BCUT2D eigenvalue weighted by Crippen LogP contribution is 2.20. The van der Waals surface area contributed by atoms with E-state index in [1.165, 1.54) is 0 Å². The van der Waals surface area contributed by atoms with Crippen LogP contribution in [0.25, 0.3) is 11.5 Å². The van der Waals surface area contributed by atoms with Gasteiger partial charge in [-0.1, -0.05) is 29.8 Å². The van der Waals surface area contributed by atoms with Crippen LogP contribution in [0.3, 0.4) is 0 Å². The van der Waals surface area contributed by atoms with Gasteiger partial charge in [0, 0.05) is 16.1 Å². The monoisotopic (exact) mass is 313 g/mol. The van der Waals surface area contributed by atoms with Crippen molar-refractivity contribution in [2.24, 2.45) is 0 Å². The molecule has 0 aliphatic heterocycles. The molecule has 0 saturated heterocycles. The van der Waals surface area contributed by atoms with Crippen molar-refractivity contribution in [2.45, 2.75) is 6.54 Å². The predicted molar refractivity (Wildman–Crippen MR) is 82.4 cm³/mol. The first-order valence-corrected chi connectivity index (χ1v) is 7.02. The summed E-state index contributed by atoms with van der Waals surface area (Å²) < 4.78 is 5.52. The molecule has 1 aromatic heterocycles. The summed E-state index contributed by atoms with van der Waals surface area (Å²) in [6, 6.07) is 16.0. The van der Waals surface area contributed by atoms with Crippen LogP contribution in [0.15, 0.2) is 59.0 Å². The predicted octanol–water partition coefficient (Wildman–Crippen LogP) is 3.32. The minimum atomic E-state index is -0.188. The zero-order chi connectivity index (χ0) is 15.4. The van der Waals surface area contributed by atoms with E-state index in [9.17, 15) is 4.79 Å². The quantitative estimate of drug-likeness (QED) is 0.802. The Morgan fingerprint density at radius 3 is 2.50 bits per heavy atom. The summed E-state index contributed by atoms with van der Waals surface area (Å²) in [7, 11) is 0. The lowest BCUT2D eigenvalue weighted by molar-refractivity contribution is 0.0947. The van der Waals surface area contributed by atoms with Gasteiger partial charge in [-0.2, -0.15) is 0 Å². The SMILES string of the molecule is O=C(NCc1nnc(-c2ccc(Cl)cc2)o1)c1ccccc1. The summed E-state index contributed by atoms with van der Waals surface area (Å²) in [6.07, 6.45) is 0. The maximum atomic E-state index is 11.9. The lowest BCUT2D eigenvalue weighted by Crippen LogP contribution is -2.22. The molecular formula is C16H12ClN3O2. The van der Waals surface area contributed by atoms with Crippen LogP contribution in [0.2, 0.25) is 5.02 Å². The third-order valence-corrected chi connectivity index (χ3v) is 3.25. The second-order valence-corrected chi connectivity index (χ2v) is 4.99. The molecule has 3 aromatic rings. The molecule has 2 aromatic carbocycles. The smallest absolute Gasteiger partial charge is 0.251 e. The van der Waals surface area contributed by atoms with Crippen LogP contribution in [0.1, 0.15) is 16.2 Å². The topological polar surface area (TPSA) is 68.0 Å². The zero-order valence-electron chi connectivity index (χ0n) is 11.5. The summed E-state index contributed by atoms with van der Waals surface area (Å²) >= 11 is 5.83. The lowest BCUT2D eigenvalue weighted by atomic mass is 10.2. The molecule has 5 nitrogen and oxygen atoms in total. The number of nitrogens with one attached hydrogen (secondary N) is 1. The Morgan fingerprint density at radius 1 is 1.05 bits per heavy atom. The first kappa shape index (κ1) is 14.3. The van der Waals surface area contributed by atoms with Gasteiger partial charge in [-0.05, 0) is 36.4 Å². The van der Waals surface area contributed by atoms with E-state index < -0.39 is 0 Å². The molecule has 0 radical (unpaired) electrons. The summed E-state index contributed by atoms with van der Waals surface area (Å²) in [4.78, 5) is 11.9. The molecule has 110 valence electrons. The van der Waals surface area contributed by atoms with Crippen molar-refractivity contribution in [3.8, 4) is 11.5 Å². The largest absolute Gasteiger partial charge is 0.419 e. The maximum Gasteiger partial charge on any atom is 0.251 e. The summed E-state index contributed by atoms with van der Waals surface area (Å²) in [5.41, 5.74) is 1.36. The number of carbonyl (C=O) groups is 1. The minimum absolute atomic E-state index is 0.175. The second kappa shape index (κ2) is 6.41. The van der Waals surface area contributed by atoms with Crippen molar-refractivity contribution in [1.82, 2.24) is 15.5 Å². The van der Waals surface area contributed by atoms with Gasteiger partial charge >= 0.3 is 0 Å². The van der Waals surface area contributed by atoms with Crippen molar-refractivity contribution < 1.29 is 9.21 Å². The molecule has 0 spiro atoms. The third-order valence-electron chi connectivity index (χ3n) is 2.99. The van der Waals surface area contributed by atoms with Gasteiger partial charge in [-0.25, -0.2) is 0 Å². The number of rotatable bonds is 4. The Bertz CT molecular complexity index is 770. The van der Waals surface area contributed by atoms with Crippen LogP contribution in [0.5, 0.6) is 0 Å². The Morgan fingerprint density at radius 2 is 1.77 bits per heavy atom. The van der Waals surface area contributed by atoms with Gasteiger partial charge < -0.3 is 9.73 Å². The molecule has 1 heterocycles. The van der Waals surface area contributed by atoms with Gasteiger partial charge in [-0.15, -0.1) is 10.2 Å². The molecule has 1 N–H and O–H groups in total. The van der Waals surface area contributed by atoms with Crippen LogP contribution >= 0.6 is 11.6 Å². The van der Waals surface area contributed by atoms with Gasteiger partial charge in [0.1, 0.15) is 0 Å². The fourth-order valence-corrected chi connectivity index (χ4v) is 2.01. The first-order chi connectivity index (χ1) is 10.7. The second-order valence-electron chi connectivity index (χ2n) is 4.56. The van der Waals surface area contributed by atoms with Crippen LogP contribution < -0.4 is 5.32 Å². The molecule has 0 aliphatic carbocycles. The highest BCUT2D eigenvalue weighted by Gasteiger charge is 2.10. The van der Waals surface area contributed by atoms with Crippen molar-refractivity contribution >= 4 is 17.5 Å². The maximum absolute atomic E-state index is 11.9. The molecule has 0 unspecified atom stereocenters. The fraction of sp³-hybridized carbons (Fsp3) is 0.0625. The van der Waals surface area contributed by atoms with Crippen LogP contribution in [0.4, 0.5) is 0 Å². The number of hydrogen-bond acceptors (Lipinski definition) is 4. The summed E-state index contributed by atoms with van der Waals surface area (Å²) in [5.74, 6) is 0.543. The molecule has 0 saturated carbocycles. The standard InChI is InChI=1S/C16H12ClN3O2/c17-13-8-6-12(7-9-13)16-20-19-14(22-16)10-18-15(21)11-4-2-1-3-5-11/h1-9H,10H2,(H,18,21). The van der Waals surface area contributed by atoms with E-state index in [2.05, 4.69) is 15.5 Å². The normalized spacial score (nSPS) is 10.4. The summed E-state index contributed by atoms with van der Waals surface area (Å²) in [5, 5.41) is 11.2. The van der Waals surface area contributed by atoms with E-state index in [1.54, 1.807) is 48.5 Å². The number of nitrogens with zero attached hydrogens (tertiary/aromatic N) is 2. The first-order valence-electron chi connectivity index (χ1n) is 6.64. The Labute approximate surface area is 131 Å².